The molecule has 0 atom stereocenters. The van der Waals surface area contributed by atoms with Gasteiger partial charge in [0, 0.05) is 17.3 Å². The molecule has 0 saturated heterocycles. The van der Waals surface area contributed by atoms with Gasteiger partial charge in [-0.15, -0.1) is 0 Å². The average Bonchev–Trinajstić information content (AvgIpc) is 2.48. The summed E-state index contributed by atoms with van der Waals surface area (Å²) in [5.41, 5.74) is 7.15. The zero-order valence-electron chi connectivity index (χ0n) is 12.1. The van der Waals surface area contributed by atoms with Crippen LogP contribution >= 0.6 is 0 Å². The summed E-state index contributed by atoms with van der Waals surface area (Å²) in [4.78, 5) is 12.5. The van der Waals surface area contributed by atoms with E-state index in [2.05, 4.69) is 0 Å². The molecule has 0 radical (unpaired) electrons. The van der Waals surface area contributed by atoms with Gasteiger partial charge >= 0.3 is 0 Å². The Bertz CT molecular complexity index is 698. The lowest BCUT2D eigenvalue weighted by atomic mass is 9.98. The Morgan fingerprint density at radius 1 is 1.05 bits per heavy atom. The molecule has 0 aliphatic carbocycles. The number of aryl methyl sites for hydroxylation is 1. The van der Waals surface area contributed by atoms with Crippen molar-refractivity contribution in [2.45, 2.75) is 6.92 Å². The molecule has 0 saturated carbocycles. The van der Waals surface area contributed by atoms with Gasteiger partial charge < -0.3 is 15.2 Å². The van der Waals surface area contributed by atoms with Crippen molar-refractivity contribution in [3.63, 3.8) is 0 Å². The minimum absolute atomic E-state index is 0.0821. The van der Waals surface area contributed by atoms with Crippen molar-refractivity contribution >= 4 is 11.5 Å². The van der Waals surface area contributed by atoms with E-state index in [1.807, 2.05) is 0 Å². The lowest BCUT2D eigenvalue weighted by molar-refractivity contribution is 0.103. The van der Waals surface area contributed by atoms with Crippen LogP contribution in [-0.4, -0.2) is 20.0 Å². The number of hydrogen-bond donors (Lipinski definition) is 1. The second-order valence-corrected chi connectivity index (χ2v) is 4.59. The zero-order valence-corrected chi connectivity index (χ0v) is 12.1. The molecule has 0 fully saturated rings. The molecule has 5 heteroatoms. The Morgan fingerprint density at radius 3 is 2.29 bits per heavy atom. The third-order valence-electron chi connectivity index (χ3n) is 3.22. The molecule has 0 unspecified atom stereocenters. The summed E-state index contributed by atoms with van der Waals surface area (Å²) >= 11 is 0. The number of carbonyl (C=O) groups is 1. The SMILES string of the molecule is COc1cc(F)c(C(=O)c2cc(N)ccc2C)cc1OC. The smallest absolute Gasteiger partial charge is 0.196 e. The third kappa shape index (κ3) is 2.81. The van der Waals surface area contributed by atoms with Crippen LogP contribution < -0.4 is 15.2 Å². The number of carbonyl (C=O) groups excluding carboxylic acids is 1. The number of methoxy groups -OCH3 is 2. The molecule has 2 aromatic rings. The van der Waals surface area contributed by atoms with Crippen molar-refractivity contribution in [2.75, 3.05) is 20.0 Å². The number of hydrogen-bond acceptors (Lipinski definition) is 4. The van der Waals surface area contributed by atoms with Crippen molar-refractivity contribution in [3.05, 3.63) is 52.8 Å². The van der Waals surface area contributed by atoms with Gasteiger partial charge in [-0.05, 0) is 30.7 Å². The van der Waals surface area contributed by atoms with Gasteiger partial charge in [0.2, 0.25) is 0 Å². The lowest BCUT2D eigenvalue weighted by Crippen LogP contribution is -2.08. The summed E-state index contributed by atoms with van der Waals surface area (Å²) in [7, 11) is 2.83. The van der Waals surface area contributed by atoms with Crippen molar-refractivity contribution < 1.29 is 18.7 Å². The summed E-state index contributed by atoms with van der Waals surface area (Å²) in [6, 6.07) is 7.42. The molecule has 0 aliphatic rings. The second kappa shape index (κ2) is 5.83. The Hall–Kier alpha value is -2.56. The van der Waals surface area contributed by atoms with Gasteiger partial charge in [-0.1, -0.05) is 6.07 Å². The van der Waals surface area contributed by atoms with Crippen LogP contribution in [0.15, 0.2) is 30.3 Å². The molecule has 2 rings (SSSR count). The average molecular weight is 289 g/mol. The van der Waals surface area contributed by atoms with Crippen LogP contribution in [0.1, 0.15) is 21.5 Å². The maximum Gasteiger partial charge on any atom is 0.196 e. The Kier molecular flexibility index (Phi) is 4.12. The third-order valence-corrected chi connectivity index (χ3v) is 3.22. The highest BCUT2D eigenvalue weighted by Gasteiger charge is 2.20. The van der Waals surface area contributed by atoms with Gasteiger partial charge in [0.05, 0.1) is 19.8 Å². The number of nitrogen functional groups attached to an aromatic ring is 1. The van der Waals surface area contributed by atoms with E-state index < -0.39 is 11.6 Å². The Morgan fingerprint density at radius 2 is 1.67 bits per heavy atom. The van der Waals surface area contributed by atoms with Gasteiger partial charge in [-0.25, -0.2) is 4.39 Å². The van der Waals surface area contributed by atoms with Crippen molar-refractivity contribution in [3.8, 4) is 11.5 Å². The van der Waals surface area contributed by atoms with E-state index in [9.17, 15) is 9.18 Å². The van der Waals surface area contributed by atoms with Gasteiger partial charge in [-0.3, -0.25) is 4.79 Å². The molecule has 4 nitrogen and oxygen atoms in total. The quantitative estimate of drug-likeness (QED) is 0.694. The Labute approximate surface area is 122 Å². The molecule has 0 aliphatic heterocycles. The highest BCUT2D eigenvalue weighted by atomic mass is 19.1. The normalized spacial score (nSPS) is 10.3. The van der Waals surface area contributed by atoms with Crippen LogP contribution in [0.5, 0.6) is 11.5 Å². The van der Waals surface area contributed by atoms with Crippen molar-refractivity contribution in [1.82, 2.24) is 0 Å². The summed E-state index contributed by atoms with van der Waals surface area (Å²) in [5.74, 6) is -0.586. The Balaban J connectivity index is 2.55. The van der Waals surface area contributed by atoms with Crippen LogP contribution in [0.2, 0.25) is 0 Å². The van der Waals surface area contributed by atoms with Gasteiger partial charge in [0.15, 0.2) is 17.3 Å². The lowest BCUT2D eigenvalue weighted by Gasteiger charge is -2.11. The zero-order chi connectivity index (χ0) is 15.6. The molecule has 2 aromatic carbocycles. The van der Waals surface area contributed by atoms with E-state index in [-0.39, 0.29) is 11.3 Å². The monoisotopic (exact) mass is 289 g/mol. The maximum absolute atomic E-state index is 14.1. The number of rotatable bonds is 4. The standard InChI is InChI=1S/C16H16FNO3/c1-9-4-5-10(18)6-11(9)16(19)12-7-14(20-2)15(21-3)8-13(12)17/h4-8H,18H2,1-3H3. The number of nitrogens with two attached hydrogens (primary N) is 1. The summed E-state index contributed by atoms with van der Waals surface area (Å²) in [5, 5.41) is 0. The van der Waals surface area contributed by atoms with Gasteiger partial charge in [0.25, 0.3) is 0 Å². The molecule has 2 N–H and O–H groups in total. The highest BCUT2D eigenvalue weighted by Crippen LogP contribution is 2.31. The first-order chi connectivity index (χ1) is 9.97. The summed E-state index contributed by atoms with van der Waals surface area (Å²) in [6.07, 6.45) is 0. The molecule has 0 aromatic heterocycles. The first-order valence-electron chi connectivity index (χ1n) is 6.30. The predicted octanol–water partition coefficient (Wildman–Crippen LogP) is 2.96. The molecular weight excluding hydrogens is 273 g/mol. The fraction of sp³-hybridized carbons (Fsp3) is 0.188. The predicted molar refractivity (Wildman–Crippen MR) is 78.5 cm³/mol. The number of ether oxygens (including phenoxy) is 2. The first-order valence-corrected chi connectivity index (χ1v) is 6.30. The van der Waals surface area contributed by atoms with E-state index in [0.29, 0.717) is 17.0 Å². The van der Waals surface area contributed by atoms with Crippen LogP contribution in [0.4, 0.5) is 10.1 Å². The molecular formula is C16H16FNO3. The molecule has 110 valence electrons. The fourth-order valence-electron chi connectivity index (χ4n) is 2.06. The van der Waals surface area contributed by atoms with Crippen LogP contribution in [0.3, 0.4) is 0 Å². The fourth-order valence-corrected chi connectivity index (χ4v) is 2.06. The first kappa shape index (κ1) is 14.8. The molecule has 0 heterocycles. The minimum atomic E-state index is -0.667. The van der Waals surface area contributed by atoms with Crippen LogP contribution in [-0.2, 0) is 0 Å². The largest absolute Gasteiger partial charge is 0.493 e. The number of benzene rings is 2. The number of halogens is 1. The summed E-state index contributed by atoms with van der Waals surface area (Å²) in [6.45, 7) is 1.77. The summed E-state index contributed by atoms with van der Waals surface area (Å²) < 4.78 is 24.2. The second-order valence-electron chi connectivity index (χ2n) is 4.59. The van der Waals surface area contributed by atoms with E-state index >= 15 is 0 Å². The molecule has 0 amide bonds. The van der Waals surface area contributed by atoms with Crippen LogP contribution in [0.25, 0.3) is 0 Å². The van der Waals surface area contributed by atoms with E-state index in [4.69, 9.17) is 15.2 Å². The molecule has 0 bridgehead atoms. The minimum Gasteiger partial charge on any atom is -0.493 e. The number of ketones is 1. The van der Waals surface area contributed by atoms with Crippen molar-refractivity contribution in [1.29, 1.82) is 0 Å². The van der Waals surface area contributed by atoms with Crippen molar-refractivity contribution in [2.24, 2.45) is 0 Å². The number of anilines is 1. The van der Waals surface area contributed by atoms with E-state index in [1.54, 1.807) is 19.1 Å². The molecule has 0 spiro atoms. The maximum atomic E-state index is 14.1. The van der Waals surface area contributed by atoms with Gasteiger partial charge in [-0.2, -0.15) is 0 Å². The van der Waals surface area contributed by atoms with E-state index in [0.717, 1.165) is 11.6 Å². The molecule has 21 heavy (non-hydrogen) atoms. The topological polar surface area (TPSA) is 61.5 Å². The van der Waals surface area contributed by atoms with Gasteiger partial charge in [0.1, 0.15) is 5.82 Å². The van der Waals surface area contributed by atoms with E-state index in [1.165, 1.54) is 26.4 Å². The highest BCUT2D eigenvalue weighted by molar-refractivity contribution is 6.10. The van der Waals surface area contributed by atoms with Crippen LogP contribution in [0, 0.1) is 12.7 Å².